The number of fused-ring (bicyclic) bond motifs is 1. The summed E-state index contributed by atoms with van der Waals surface area (Å²) in [6.07, 6.45) is 0.00142. The topological polar surface area (TPSA) is 125 Å². The number of thiophene rings is 2. The Hall–Kier alpha value is -3.96. The van der Waals surface area contributed by atoms with E-state index in [-0.39, 0.29) is 18.2 Å². The van der Waals surface area contributed by atoms with Gasteiger partial charge in [0.2, 0.25) is 17.7 Å². The molecule has 1 atom stereocenters. The summed E-state index contributed by atoms with van der Waals surface area (Å²) in [7, 11) is 0. The number of anilines is 1. The Morgan fingerprint density at radius 3 is 2.68 bits per heavy atom. The maximum absolute atomic E-state index is 12.8. The van der Waals surface area contributed by atoms with Crippen LogP contribution in [0.3, 0.4) is 0 Å². The van der Waals surface area contributed by atoms with Crippen LogP contribution in [-0.2, 0) is 11.2 Å². The van der Waals surface area contributed by atoms with E-state index in [1.807, 2.05) is 53.2 Å². The third-order valence-electron chi connectivity index (χ3n) is 5.20. The summed E-state index contributed by atoms with van der Waals surface area (Å²) in [5.41, 5.74) is 8.48. The predicted molar refractivity (Wildman–Crippen MR) is 133 cm³/mol. The minimum atomic E-state index is -0.403. The van der Waals surface area contributed by atoms with Crippen molar-refractivity contribution in [3.63, 3.8) is 0 Å². The number of nitrogens with one attached hydrogen (secondary N) is 1. The second-order valence-electron chi connectivity index (χ2n) is 7.28. The van der Waals surface area contributed by atoms with Crippen LogP contribution in [0.1, 0.15) is 26.9 Å². The van der Waals surface area contributed by atoms with Crippen molar-refractivity contribution in [2.75, 3.05) is 5.32 Å². The minimum absolute atomic E-state index is 0.00142. The normalized spacial score (nSPS) is 14.6. The molecule has 10 heteroatoms. The van der Waals surface area contributed by atoms with Crippen LogP contribution in [0.15, 0.2) is 64.7 Å². The molecule has 0 bridgehead atoms. The van der Waals surface area contributed by atoms with Gasteiger partial charge in [0, 0.05) is 15.8 Å². The zero-order valence-electron chi connectivity index (χ0n) is 17.4. The van der Waals surface area contributed by atoms with Crippen LogP contribution in [0.4, 0.5) is 5.00 Å². The first-order valence-electron chi connectivity index (χ1n) is 10.1. The Bertz CT molecular complexity index is 1490. The van der Waals surface area contributed by atoms with Gasteiger partial charge in [0.05, 0.1) is 22.8 Å². The number of aromatic nitrogens is 1. The van der Waals surface area contributed by atoms with Crippen molar-refractivity contribution in [3.05, 3.63) is 85.7 Å². The van der Waals surface area contributed by atoms with E-state index in [2.05, 4.69) is 22.4 Å². The molecule has 0 saturated heterocycles. The Balaban J connectivity index is 1.39. The molecule has 1 amide bonds. The van der Waals surface area contributed by atoms with Gasteiger partial charge in [-0.1, -0.05) is 36.4 Å². The third kappa shape index (κ3) is 3.95. The maximum Gasteiger partial charge on any atom is 0.236 e. The first kappa shape index (κ1) is 21.9. The molecule has 0 aliphatic carbocycles. The Morgan fingerprint density at radius 2 is 1.97 bits per heavy atom. The second kappa shape index (κ2) is 9.12. The Labute approximate surface area is 207 Å². The summed E-state index contributed by atoms with van der Waals surface area (Å²) >= 11 is 4.17. The SMILES string of the molecule is N#CC1=C(N)Oc2nc(CC(=O)Nc3scc(-c4cccs4)c3C#N)sc2C1c1ccccc1. The highest BCUT2D eigenvalue weighted by Gasteiger charge is 2.34. The average Bonchev–Trinajstić information content (AvgIpc) is 3.58. The molecule has 4 heterocycles. The number of allylic oxidation sites excluding steroid dienone is 1. The fraction of sp³-hybridized carbons (Fsp3) is 0.0833. The standard InChI is InChI=1S/C24H15N5O2S3/c25-10-14-16(17-7-4-8-32-17)12-33-24(14)28-18(30)9-19-29-23-21(34-19)20(13-5-2-1-3-6-13)15(11-26)22(27)31-23/h1-8,12,20H,9,27H2,(H,28,30). The molecular weight excluding hydrogens is 486 g/mol. The summed E-state index contributed by atoms with van der Waals surface area (Å²) in [6, 6.07) is 17.7. The number of carbonyl (C=O) groups excluding carboxylic acids is 1. The van der Waals surface area contributed by atoms with Gasteiger partial charge >= 0.3 is 0 Å². The fourth-order valence-electron chi connectivity index (χ4n) is 3.69. The fourth-order valence-corrected chi connectivity index (χ4v) is 6.57. The lowest BCUT2D eigenvalue weighted by molar-refractivity contribution is -0.115. The number of benzene rings is 1. The number of hydrogen-bond donors (Lipinski definition) is 2. The molecule has 3 N–H and O–H groups in total. The highest BCUT2D eigenvalue weighted by Crippen LogP contribution is 2.45. The summed E-state index contributed by atoms with van der Waals surface area (Å²) in [5, 5.41) is 27.0. The molecule has 1 aliphatic rings. The molecule has 34 heavy (non-hydrogen) atoms. The molecule has 0 fully saturated rings. The van der Waals surface area contributed by atoms with Gasteiger partial charge in [-0.3, -0.25) is 4.79 Å². The molecule has 1 aromatic carbocycles. The molecule has 1 aliphatic heterocycles. The summed E-state index contributed by atoms with van der Waals surface area (Å²) in [5.74, 6) is -0.365. The quantitative estimate of drug-likeness (QED) is 0.387. The van der Waals surface area contributed by atoms with Crippen molar-refractivity contribution in [2.45, 2.75) is 12.3 Å². The number of amides is 1. The number of nitrogens with zero attached hydrogens (tertiary/aromatic N) is 3. The van der Waals surface area contributed by atoms with Crippen molar-refractivity contribution in [1.82, 2.24) is 4.98 Å². The summed E-state index contributed by atoms with van der Waals surface area (Å²) in [4.78, 5) is 19.0. The maximum atomic E-state index is 12.8. The number of rotatable bonds is 5. The van der Waals surface area contributed by atoms with E-state index in [0.29, 0.717) is 27.0 Å². The van der Waals surface area contributed by atoms with E-state index >= 15 is 0 Å². The van der Waals surface area contributed by atoms with Crippen LogP contribution >= 0.6 is 34.0 Å². The van der Waals surface area contributed by atoms with Crippen LogP contribution in [0, 0.1) is 22.7 Å². The van der Waals surface area contributed by atoms with Gasteiger partial charge in [0.1, 0.15) is 27.7 Å². The van der Waals surface area contributed by atoms with Crippen LogP contribution in [0.5, 0.6) is 5.88 Å². The van der Waals surface area contributed by atoms with Crippen LogP contribution in [0.2, 0.25) is 0 Å². The predicted octanol–water partition coefficient (Wildman–Crippen LogP) is 5.20. The zero-order chi connectivity index (χ0) is 23.7. The van der Waals surface area contributed by atoms with E-state index < -0.39 is 5.92 Å². The molecule has 3 aromatic heterocycles. The molecule has 1 unspecified atom stereocenters. The zero-order valence-corrected chi connectivity index (χ0v) is 19.9. The van der Waals surface area contributed by atoms with Crippen molar-refractivity contribution in [2.24, 2.45) is 5.73 Å². The number of nitriles is 2. The van der Waals surface area contributed by atoms with Gasteiger partial charge < -0.3 is 15.8 Å². The largest absolute Gasteiger partial charge is 0.421 e. The van der Waals surface area contributed by atoms with Crippen molar-refractivity contribution in [3.8, 4) is 28.5 Å². The number of ether oxygens (including phenoxy) is 1. The molecule has 166 valence electrons. The van der Waals surface area contributed by atoms with E-state index in [4.69, 9.17) is 10.5 Å². The molecule has 7 nitrogen and oxygen atoms in total. The molecular formula is C24H15N5O2S3. The summed E-state index contributed by atoms with van der Waals surface area (Å²) < 4.78 is 5.61. The lowest BCUT2D eigenvalue weighted by Gasteiger charge is -2.22. The van der Waals surface area contributed by atoms with Gasteiger partial charge in [-0.25, -0.2) is 4.98 Å². The van der Waals surface area contributed by atoms with Crippen molar-refractivity contribution < 1.29 is 9.53 Å². The first-order chi connectivity index (χ1) is 16.6. The molecule has 0 spiro atoms. The lowest BCUT2D eigenvalue weighted by Crippen LogP contribution is -2.20. The van der Waals surface area contributed by atoms with Crippen LogP contribution in [-0.4, -0.2) is 10.9 Å². The number of thiazole rings is 1. The van der Waals surface area contributed by atoms with Crippen molar-refractivity contribution in [1.29, 1.82) is 10.5 Å². The Kier molecular flexibility index (Phi) is 5.86. The molecule has 0 radical (unpaired) electrons. The van der Waals surface area contributed by atoms with Gasteiger partial charge in [0.15, 0.2) is 0 Å². The third-order valence-corrected chi connectivity index (χ3v) is 8.10. The highest BCUT2D eigenvalue weighted by atomic mass is 32.1. The van der Waals surface area contributed by atoms with Gasteiger partial charge in [-0.05, 0) is 17.0 Å². The van der Waals surface area contributed by atoms with E-state index in [0.717, 1.165) is 20.9 Å². The molecule has 0 saturated carbocycles. The Morgan fingerprint density at radius 1 is 1.15 bits per heavy atom. The monoisotopic (exact) mass is 501 g/mol. The smallest absolute Gasteiger partial charge is 0.236 e. The average molecular weight is 502 g/mol. The highest BCUT2D eigenvalue weighted by molar-refractivity contribution is 7.17. The van der Waals surface area contributed by atoms with Crippen LogP contribution < -0.4 is 15.8 Å². The van der Waals surface area contributed by atoms with Gasteiger partial charge in [0.25, 0.3) is 0 Å². The number of carbonyl (C=O) groups is 1. The molecule has 5 rings (SSSR count). The minimum Gasteiger partial charge on any atom is -0.421 e. The first-order valence-corrected chi connectivity index (χ1v) is 12.6. The summed E-state index contributed by atoms with van der Waals surface area (Å²) in [6.45, 7) is 0. The van der Waals surface area contributed by atoms with E-state index in [1.54, 1.807) is 0 Å². The van der Waals surface area contributed by atoms with Crippen molar-refractivity contribution >= 4 is 44.9 Å². The second-order valence-corrected chi connectivity index (χ2v) is 10.2. The van der Waals surface area contributed by atoms with E-state index in [1.165, 1.54) is 34.0 Å². The van der Waals surface area contributed by atoms with Gasteiger partial charge in [-0.2, -0.15) is 10.5 Å². The van der Waals surface area contributed by atoms with E-state index in [9.17, 15) is 15.3 Å². The van der Waals surface area contributed by atoms with Gasteiger partial charge in [-0.15, -0.1) is 34.0 Å². The van der Waals surface area contributed by atoms with Crippen LogP contribution in [0.25, 0.3) is 10.4 Å². The number of hydrogen-bond acceptors (Lipinski definition) is 9. The molecule has 4 aromatic rings. The number of nitrogens with two attached hydrogens (primary N) is 1. The lowest BCUT2D eigenvalue weighted by atomic mass is 9.89.